The lowest BCUT2D eigenvalue weighted by Crippen LogP contribution is -2.37. The van der Waals surface area contributed by atoms with Gasteiger partial charge in [-0.1, -0.05) is 0 Å². The van der Waals surface area contributed by atoms with Crippen molar-refractivity contribution in [2.75, 3.05) is 19.4 Å². The molecule has 0 saturated heterocycles. The maximum Gasteiger partial charge on any atom is 0.266 e. The SMILES string of the molecule is CC(CO)N(C)C(=O)c1sc2nnccc2c1N. The number of amides is 1. The molecule has 1 amide bonds. The monoisotopic (exact) mass is 266 g/mol. The van der Waals surface area contributed by atoms with E-state index < -0.39 is 0 Å². The van der Waals surface area contributed by atoms with Crippen LogP contribution in [-0.4, -0.2) is 45.8 Å². The molecular formula is C11H14N4O2S. The van der Waals surface area contributed by atoms with Gasteiger partial charge in [-0.3, -0.25) is 4.79 Å². The number of aromatic nitrogens is 2. The Morgan fingerprint density at radius 2 is 2.39 bits per heavy atom. The van der Waals surface area contributed by atoms with E-state index in [1.54, 1.807) is 26.2 Å². The second kappa shape index (κ2) is 4.87. The molecule has 18 heavy (non-hydrogen) atoms. The van der Waals surface area contributed by atoms with E-state index in [1.165, 1.54) is 16.2 Å². The number of fused-ring (bicyclic) bond motifs is 1. The first-order valence-electron chi connectivity index (χ1n) is 5.44. The molecule has 0 aliphatic rings. The van der Waals surface area contributed by atoms with Crippen LogP contribution >= 0.6 is 11.3 Å². The summed E-state index contributed by atoms with van der Waals surface area (Å²) in [7, 11) is 1.64. The molecule has 1 atom stereocenters. The van der Waals surface area contributed by atoms with Crippen LogP contribution in [0.5, 0.6) is 0 Å². The molecule has 2 aromatic rings. The number of aliphatic hydroxyl groups excluding tert-OH is 1. The number of nitrogen functional groups attached to an aromatic ring is 1. The van der Waals surface area contributed by atoms with Crippen LogP contribution in [0.25, 0.3) is 10.2 Å². The Bertz CT molecular complexity index is 583. The quantitative estimate of drug-likeness (QED) is 0.854. The minimum Gasteiger partial charge on any atom is -0.397 e. The number of likely N-dealkylation sites (N-methyl/N-ethyl adjacent to an activating group) is 1. The predicted molar refractivity (Wildman–Crippen MR) is 70.5 cm³/mol. The summed E-state index contributed by atoms with van der Waals surface area (Å²) in [5.41, 5.74) is 6.37. The van der Waals surface area contributed by atoms with Crippen molar-refractivity contribution in [2.24, 2.45) is 0 Å². The summed E-state index contributed by atoms with van der Waals surface area (Å²) >= 11 is 1.22. The van der Waals surface area contributed by atoms with E-state index >= 15 is 0 Å². The summed E-state index contributed by atoms with van der Waals surface area (Å²) in [5, 5.41) is 17.5. The molecule has 0 aliphatic carbocycles. The number of carbonyl (C=O) groups excluding carboxylic acids is 1. The van der Waals surface area contributed by atoms with E-state index in [0.29, 0.717) is 15.4 Å². The number of hydrogen-bond donors (Lipinski definition) is 2. The maximum atomic E-state index is 12.2. The topological polar surface area (TPSA) is 92.3 Å². The third-order valence-corrected chi connectivity index (χ3v) is 3.95. The molecule has 0 bridgehead atoms. The van der Waals surface area contributed by atoms with Crippen LogP contribution in [-0.2, 0) is 0 Å². The lowest BCUT2D eigenvalue weighted by molar-refractivity contribution is 0.0688. The Morgan fingerprint density at radius 3 is 3.00 bits per heavy atom. The van der Waals surface area contributed by atoms with Crippen molar-refractivity contribution in [2.45, 2.75) is 13.0 Å². The molecule has 0 aliphatic heterocycles. The van der Waals surface area contributed by atoms with E-state index in [4.69, 9.17) is 10.8 Å². The van der Waals surface area contributed by atoms with E-state index in [-0.39, 0.29) is 18.6 Å². The van der Waals surface area contributed by atoms with Gasteiger partial charge in [-0.2, -0.15) is 5.10 Å². The average molecular weight is 266 g/mol. The molecule has 1 unspecified atom stereocenters. The van der Waals surface area contributed by atoms with Gasteiger partial charge in [0.1, 0.15) is 9.71 Å². The second-order valence-electron chi connectivity index (χ2n) is 4.04. The van der Waals surface area contributed by atoms with Crippen LogP contribution in [0.3, 0.4) is 0 Å². The van der Waals surface area contributed by atoms with Gasteiger partial charge in [-0.25, -0.2) is 0 Å². The number of rotatable bonds is 3. The number of nitrogens with zero attached hydrogens (tertiary/aromatic N) is 3. The normalized spacial score (nSPS) is 12.6. The fraction of sp³-hybridized carbons (Fsp3) is 0.364. The molecule has 7 heteroatoms. The van der Waals surface area contributed by atoms with Crippen LogP contribution in [0.4, 0.5) is 5.69 Å². The first-order valence-corrected chi connectivity index (χ1v) is 6.25. The van der Waals surface area contributed by atoms with E-state index in [2.05, 4.69) is 10.2 Å². The molecule has 0 aromatic carbocycles. The second-order valence-corrected chi connectivity index (χ2v) is 5.04. The molecule has 2 heterocycles. The number of thiophene rings is 1. The van der Waals surface area contributed by atoms with Gasteiger partial charge in [0.2, 0.25) is 0 Å². The van der Waals surface area contributed by atoms with E-state index in [0.717, 1.165) is 5.39 Å². The summed E-state index contributed by atoms with van der Waals surface area (Å²) in [4.78, 5) is 14.8. The molecule has 0 spiro atoms. The lowest BCUT2D eigenvalue weighted by atomic mass is 10.2. The molecule has 6 nitrogen and oxygen atoms in total. The van der Waals surface area contributed by atoms with Crippen LogP contribution < -0.4 is 5.73 Å². The van der Waals surface area contributed by atoms with E-state index in [1.807, 2.05) is 0 Å². The largest absolute Gasteiger partial charge is 0.397 e. The zero-order valence-electron chi connectivity index (χ0n) is 10.1. The summed E-state index contributed by atoms with van der Waals surface area (Å²) in [5.74, 6) is -0.211. The Hall–Kier alpha value is -1.73. The summed E-state index contributed by atoms with van der Waals surface area (Å²) in [6.45, 7) is 1.67. The average Bonchev–Trinajstić information content (AvgIpc) is 2.74. The van der Waals surface area contributed by atoms with E-state index in [9.17, 15) is 4.79 Å². The number of aliphatic hydroxyl groups is 1. The number of carbonyl (C=O) groups is 1. The van der Waals surface area contributed by atoms with Crippen molar-refractivity contribution in [3.63, 3.8) is 0 Å². The summed E-state index contributed by atoms with van der Waals surface area (Å²) < 4.78 is 0. The zero-order chi connectivity index (χ0) is 13.3. The fourth-order valence-corrected chi connectivity index (χ4v) is 2.54. The highest BCUT2D eigenvalue weighted by molar-refractivity contribution is 7.21. The smallest absolute Gasteiger partial charge is 0.266 e. The van der Waals surface area contributed by atoms with Crippen LogP contribution in [0.15, 0.2) is 12.3 Å². The Kier molecular flexibility index (Phi) is 3.44. The lowest BCUT2D eigenvalue weighted by Gasteiger charge is -2.22. The first-order chi connectivity index (χ1) is 8.56. The summed E-state index contributed by atoms with van der Waals surface area (Å²) in [6, 6.07) is 1.48. The number of hydrogen-bond acceptors (Lipinski definition) is 6. The molecule has 96 valence electrons. The Morgan fingerprint density at radius 1 is 1.67 bits per heavy atom. The molecule has 2 aromatic heterocycles. The minimum absolute atomic E-state index is 0.0904. The third-order valence-electron chi connectivity index (χ3n) is 2.86. The van der Waals surface area contributed by atoms with Crippen molar-refractivity contribution in [3.8, 4) is 0 Å². The molecule has 3 N–H and O–H groups in total. The zero-order valence-corrected chi connectivity index (χ0v) is 10.9. The fourth-order valence-electron chi connectivity index (χ4n) is 1.51. The van der Waals surface area contributed by atoms with Gasteiger partial charge in [-0.05, 0) is 13.0 Å². The van der Waals surface area contributed by atoms with Crippen LogP contribution in [0.1, 0.15) is 16.6 Å². The highest BCUT2D eigenvalue weighted by atomic mass is 32.1. The van der Waals surface area contributed by atoms with Gasteiger partial charge in [0.25, 0.3) is 5.91 Å². The molecular weight excluding hydrogens is 252 g/mol. The van der Waals surface area contributed by atoms with Crippen molar-refractivity contribution >= 4 is 33.1 Å². The maximum absolute atomic E-state index is 12.2. The third kappa shape index (κ3) is 2.02. The van der Waals surface area contributed by atoms with Crippen molar-refractivity contribution in [1.82, 2.24) is 15.1 Å². The first kappa shape index (κ1) is 12.7. The highest BCUT2D eigenvalue weighted by Crippen LogP contribution is 2.32. The molecule has 2 rings (SSSR count). The molecule has 0 fully saturated rings. The van der Waals surface area contributed by atoms with Gasteiger partial charge in [0.15, 0.2) is 0 Å². The Labute approximate surface area is 108 Å². The van der Waals surface area contributed by atoms with Gasteiger partial charge in [0.05, 0.1) is 24.5 Å². The van der Waals surface area contributed by atoms with Crippen molar-refractivity contribution in [3.05, 3.63) is 17.1 Å². The van der Waals surface area contributed by atoms with Gasteiger partial charge < -0.3 is 15.7 Å². The highest BCUT2D eigenvalue weighted by Gasteiger charge is 2.23. The predicted octanol–water partition coefficient (Wildman–Crippen LogP) is 0.726. The van der Waals surface area contributed by atoms with Gasteiger partial charge >= 0.3 is 0 Å². The Balaban J connectivity index is 2.42. The minimum atomic E-state index is -0.256. The van der Waals surface area contributed by atoms with Crippen LogP contribution in [0, 0.1) is 0 Å². The van der Waals surface area contributed by atoms with Crippen molar-refractivity contribution < 1.29 is 9.90 Å². The standard InChI is InChI=1S/C11H14N4O2S/c1-6(5-16)15(2)11(17)9-8(12)7-3-4-13-14-10(7)18-9/h3-4,6,16H,5,12H2,1-2H3. The number of nitrogens with two attached hydrogens (primary N) is 1. The molecule has 0 saturated carbocycles. The van der Waals surface area contributed by atoms with Gasteiger partial charge in [0, 0.05) is 12.4 Å². The summed E-state index contributed by atoms with van der Waals surface area (Å²) in [6.07, 6.45) is 1.54. The molecule has 0 radical (unpaired) electrons. The number of anilines is 1. The van der Waals surface area contributed by atoms with Crippen LogP contribution in [0.2, 0.25) is 0 Å². The van der Waals surface area contributed by atoms with Crippen molar-refractivity contribution in [1.29, 1.82) is 0 Å². The van der Waals surface area contributed by atoms with Gasteiger partial charge in [-0.15, -0.1) is 16.4 Å².